The fourth-order valence-electron chi connectivity index (χ4n) is 1.56. The lowest BCUT2D eigenvalue weighted by atomic mass is 10.1. The van der Waals surface area contributed by atoms with Crippen LogP contribution in [-0.4, -0.2) is 28.9 Å². The van der Waals surface area contributed by atoms with E-state index in [4.69, 9.17) is 4.74 Å². The quantitative estimate of drug-likeness (QED) is 0.688. The number of ketones is 1. The van der Waals surface area contributed by atoms with Crippen molar-refractivity contribution in [2.75, 3.05) is 6.54 Å². The number of hydrogen-bond donors (Lipinski definition) is 0. The maximum Gasteiger partial charge on any atom is 0.414 e. The van der Waals surface area contributed by atoms with Crippen molar-refractivity contribution in [1.82, 2.24) is 4.90 Å². The van der Waals surface area contributed by atoms with E-state index >= 15 is 0 Å². The Morgan fingerprint density at radius 2 is 2.00 bits per heavy atom. The minimum atomic E-state index is -0.531. The van der Waals surface area contributed by atoms with Crippen LogP contribution in [0.2, 0.25) is 0 Å². The molecule has 4 heteroatoms. The lowest BCUT2D eigenvalue weighted by Crippen LogP contribution is -2.39. The topological polar surface area (TPSA) is 46.6 Å². The van der Waals surface area contributed by atoms with Crippen molar-refractivity contribution in [1.29, 1.82) is 0 Å². The van der Waals surface area contributed by atoms with Gasteiger partial charge in [0.2, 0.25) is 0 Å². The molecule has 90 valence electrons. The van der Waals surface area contributed by atoms with Crippen LogP contribution < -0.4 is 0 Å². The van der Waals surface area contributed by atoms with Crippen LogP contribution in [0.15, 0.2) is 11.8 Å². The fraction of sp³-hybridized carbons (Fsp3) is 0.667. The van der Waals surface area contributed by atoms with E-state index in [1.54, 1.807) is 6.08 Å². The summed E-state index contributed by atoms with van der Waals surface area (Å²) >= 11 is 0. The molecule has 0 aromatic rings. The number of carbonyl (C=O) groups excluding carboxylic acids is 2. The van der Waals surface area contributed by atoms with Gasteiger partial charge in [0, 0.05) is 13.5 Å². The highest BCUT2D eigenvalue weighted by molar-refractivity contribution is 5.96. The van der Waals surface area contributed by atoms with E-state index < -0.39 is 11.7 Å². The molecule has 0 aromatic carbocycles. The summed E-state index contributed by atoms with van der Waals surface area (Å²) in [5.41, 5.74) is -0.0725. The number of hydrogen-bond acceptors (Lipinski definition) is 3. The van der Waals surface area contributed by atoms with Gasteiger partial charge in [0.1, 0.15) is 5.60 Å². The second-order valence-corrected chi connectivity index (χ2v) is 4.92. The van der Waals surface area contributed by atoms with Crippen LogP contribution >= 0.6 is 0 Å². The summed E-state index contributed by atoms with van der Waals surface area (Å²) in [7, 11) is 0. The average molecular weight is 225 g/mol. The van der Waals surface area contributed by atoms with Crippen LogP contribution in [-0.2, 0) is 9.53 Å². The SMILES string of the molecule is CC(=O)C1=CCCCN1C(=O)OC(C)(C)C. The van der Waals surface area contributed by atoms with Gasteiger partial charge in [-0.05, 0) is 33.6 Å². The molecule has 0 N–H and O–H groups in total. The van der Waals surface area contributed by atoms with Crippen molar-refractivity contribution in [2.24, 2.45) is 0 Å². The van der Waals surface area contributed by atoms with Crippen molar-refractivity contribution >= 4 is 11.9 Å². The van der Waals surface area contributed by atoms with Crippen LogP contribution in [0, 0.1) is 0 Å². The van der Waals surface area contributed by atoms with Crippen molar-refractivity contribution in [2.45, 2.75) is 46.1 Å². The Balaban J connectivity index is 2.78. The molecule has 0 bridgehead atoms. The summed E-state index contributed by atoms with van der Waals surface area (Å²) in [5, 5.41) is 0. The van der Waals surface area contributed by atoms with Gasteiger partial charge < -0.3 is 4.74 Å². The molecule has 16 heavy (non-hydrogen) atoms. The maximum absolute atomic E-state index is 11.8. The minimum Gasteiger partial charge on any atom is -0.443 e. The Hall–Kier alpha value is -1.32. The van der Waals surface area contributed by atoms with Crippen molar-refractivity contribution < 1.29 is 14.3 Å². The van der Waals surface area contributed by atoms with Gasteiger partial charge in [0.15, 0.2) is 5.78 Å². The molecule has 1 aliphatic rings. The smallest absolute Gasteiger partial charge is 0.414 e. The molecule has 4 nitrogen and oxygen atoms in total. The first-order chi connectivity index (χ1) is 7.31. The van der Waals surface area contributed by atoms with Crippen molar-refractivity contribution in [3.05, 3.63) is 11.8 Å². The van der Waals surface area contributed by atoms with Crippen LogP contribution in [0.1, 0.15) is 40.5 Å². The molecule has 1 amide bonds. The fourth-order valence-corrected chi connectivity index (χ4v) is 1.56. The predicted octanol–water partition coefficient (Wildman–Crippen LogP) is 2.49. The van der Waals surface area contributed by atoms with Gasteiger partial charge >= 0.3 is 6.09 Å². The number of nitrogens with zero attached hydrogens (tertiary/aromatic N) is 1. The molecule has 0 radical (unpaired) electrons. The van der Waals surface area contributed by atoms with E-state index in [0.717, 1.165) is 12.8 Å². The molecule has 0 saturated carbocycles. The third-order valence-corrected chi connectivity index (χ3v) is 2.19. The number of rotatable bonds is 1. The highest BCUT2D eigenvalue weighted by atomic mass is 16.6. The van der Waals surface area contributed by atoms with Crippen LogP contribution in [0.3, 0.4) is 0 Å². The molecule has 0 saturated heterocycles. The van der Waals surface area contributed by atoms with Gasteiger partial charge in [-0.25, -0.2) is 4.79 Å². The molecular weight excluding hydrogens is 206 g/mol. The van der Waals surface area contributed by atoms with E-state index in [0.29, 0.717) is 12.2 Å². The highest BCUT2D eigenvalue weighted by Gasteiger charge is 2.27. The summed E-state index contributed by atoms with van der Waals surface area (Å²) < 4.78 is 5.25. The first-order valence-corrected chi connectivity index (χ1v) is 5.53. The van der Waals surface area contributed by atoms with E-state index in [1.165, 1.54) is 11.8 Å². The molecule has 0 fully saturated rings. The predicted molar refractivity (Wildman–Crippen MR) is 60.9 cm³/mol. The lowest BCUT2D eigenvalue weighted by Gasteiger charge is -2.30. The van der Waals surface area contributed by atoms with Gasteiger partial charge in [-0.2, -0.15) is 0 Å². The third kappa shape index (κ3) is 3.36. The number of carbonyl (C=O) groups is 2. The molecule has 1 aliphatic heterocycles. The lowest BCUT2D eigenvalue weighted by molar-refractivity contribution is -0.115. The monoisotopic (exact) mass is 225 g/mol. The Labute approximate surface area is 96.3 Å². The first kappa shape index (κ1) is 12.7. The Kier molecular flexibility index (Phi) is 3.73. The molecule has 0 atom stereocenters. The maximum atomic E-state index is 11.8. The molecule has 0 unspecified atom stereocenters. The summed E-state index contributed by atoms with van der Waals surface area (Å²) in [5.74, 6) is -0.0921. The zero-order valence-corrected chi connectivity index (χ0v) is 10.4. The standard InChI is InChI=1S/C12H19NO3/c1-9(14)10-7-5-6-8-13(10)11(15)16-12(2,3)4/h7H,5-6,8H2,1-4H3. The number of Topliss-reactive ketones (excluding diaryl/α,β-unsaturated/α-hetero) is 1. The average Bonchev–Trinajstić information content (AvgIpc) is 2.15. The zero-order valence-electron chi connectivity index (χ0n) is 10.4. The van der Waals surface area contributed by atoms with Gasteiger partial charge in [-0.15, -0.1) is 0 Å². The molecule has 1 rings (SSSR count). The first-order valence-electron chi connectivity index (χ1n) is 5.53. The van der Waals surface area contributed by atoms with E-state index in [-0.39, 0.29) is 5.78 Å². The molecule has 0 aromatic heterocycles. The summed E-state index contributed by atoms with van der Waals surface area (Å²) in [6.45, 7) is 7.46. The Morgan fingerprint density at radius 3 is 2.50 bits per heavy atom. The van der Waals surface area contributed by atoms with E-state index in [2.05, 4.69) is 0 Å². The van der Waals surface area contributed by atoms with Crippen LogP contribution in [0.25, 0.3) is 0 Å². The van der Waals surface area contributed by atoms with Gasteiger partial charge in [0.25, 0.3) is 0 Å². The Morgan fingerprint density at radius 1 is 1.38 bits per heavy atom. The molecule has 0 spiro atoms. The minimum absolute atomic E-state index is 0.0921. The number of amides is 1. The van der Waals surface area contributed by atoms with E-state index in [9.17, 15) is 9.59 Å². The van der Waals surface area contributed by atoms with Crippen molar-refractivity contribution in [3.63, 3.8) is 0 Å². The zero-order chi connectivity index (χ0) is 12.3. The molecule has 0 aliphatic carbocycles. The van der Waals surface area contributed by atoms with Gasteiger partial charge in [0.05, 0.1) is 5.70 Å². The van der Waals surface area contributed by atoms with Gasteiger partial charge in [-0.3, -0.25) is 9.69 Å². The second kappa shape index (κ2) is 4.68. The third-order valence-electron chi connectivity index (χ3n) is 2.19. The van der Waals surface area contributed by atoms with Gasteiger partial charge in [-0.1, -0.05) is 6.08 Å². The van der Waals surface area contributed by atoms with Crippen LogP contribution in [0.5, 0.6) is 0 Å². The second-order valence-electron chi connectivity index (χ2n) is 4.92. The number of allylic oxidation sites excluding steroid dienone is 2. The summed E-state index contributed by atoms with van der Waals surface area (Å²) in [4.78, 5) is 24.6. The Bertz CT molecular complexity index is 326. The summed E-state index contributed by atoms with van der Waals surface area (Å²) in [6, 6.07) is 0. The highest BCUT2D eigenvalue weighted by Crippen LogP contribution is 2.19. The van der Waals surface area contributed by atoms with Crippen LogP contribution in [0.4, 0.5) is 4.79 Å². The molecular formula is C12H19NO3. The van der Waals surface area contributed by atoms with E-state index in [1.807, 2.05) is 20.8 Å². The number of ether oxygens (including phenoxy) is 1. The molecule has 1 heterocycles. The normalized spacial score (nSPS) is 16.8. The largest absolute Gasteiger partial charge is 0.443 e. The van der Waals surface area contributed by atoms with Crippen molar-refractivity contribution in [3.8, 4) is 0 Å². The summed E-state index contributed by atoms with van der Waals surface area (Å²) in [6.07, 6.45) is 3.08.